The van der Waals surface area contributed by atoms with E-state index in [4.69, 9.17) is 10.3 Å². The lowest BCUT2D eigenvalue weighted by Crippen LogP contribution is -3.98. The monoisotopic (exact) mass is 356 g/mol. The average molecular weight is 356 g/mol. The van der Waals surface area contributed by atoms with Crippen LogP contribution in [0.5, 0.6) is 0 Å². The van der Waals surface area contributed by atoms with E-state index in [2.05, 4.69) is 30.7 Å². The van der Waals surface area contributed by atoms with Crippen molar-refractivity contribution in [3.05, 3.63) is 17.2 Å². The van der Waals surface area contributed by atoms with Gasteiger partial charge in [0, 0.05) is 12.1 Å². The Balaban J connectivity index is 0.000000557. The molecule has 2 N–H and O–H groups in total. The summed E-state index contributed by atoms with van der Waals surface area (Å²) in [6.07, 6.45) is 6.35. The van der Waals surface area contributed by atoms with E-state index in [0.29, 0.717) is 0 Å². The predicted octanol–water partition coefficient (Wildman–Crippen LogP) is -2.78. The Kier molecular flexibility index (Phi) is 9.71. The molecule has 17 heavy (non-hydrogen) atoms. The molecule has 0 atom stereocenters. The van der Waals surface area contributed by atoms with Crippen molar-refractivity contribution < 1.29 is 31.4 Å². The van der Waals surface area contributed by atoms with E-state index in [0.717, 1.165) is 17.9 Å². The number of hydrogen-bond donors (Lipinski definition) is 2. The molecular weight excluding hydrogens is 335 g/mol. The molecule has 5 nitrogen and oxygen atoms in total. The summed E-state index contributed by atoms with van der Waals surface area (Å²) in [6.45, 7) is 6.38. The molecule has 1 heterocycles. The molecule has 0 saturated carbocycles. The van der Waals surface area contributed by atoms with Gasteiger partial charge in [0.05, 0.1) is 5.69 Å². The molecular formula is C11H21IN2O3. The zero-order valence-corrected chi connectivity index (χ0v) is 12.8. The lowest BCUT2D eigenvalue weighted by atomic mass is 10.1. The van der Waals surface area contributed by atoms with Crippen LogP contribution in [0.1, 0.15) is 49.8 Å². The maximum absolute atomic E-state index is 8.68. The van der Waals surface area contributed by atoms with Gasteiger partial charge in [-0.1, -0.05) is 26.2 Å². The van der Waals surface area contributed by atoms with Gasteiger partial charge in [0.15, 0.2) is 0 Å². The van der Waals surface area contributed by atoms with Gasteiger partial charge < -0.3 is 11.9 Å². The molecule has 1 rings (SSSR count). The fourth-order valence-electron chi connectivity index (χ4n) is 1.46. The molecule has 0 radical (unpaired) electrons. The average Bonchev–Trinajstić information content (AvgIpc) is 2.53. The van der Waals surface area contributed by atoms with Gasteiger partial charge in [-0.15, -0.1) is 0 Å². The summed E-state index contributed by atoms with van der Waals surface area (Å²) in [5.74, 6) is 1.16. The number of nitrogens with one attached hydrogen (secondary N) is 1. The van der Waals surface area contributed by atoms with Crippen LogP contribution in [-0.2, 0) is 6.42 Å². The van der Waals surface area contributed by atoms with Gasteiger partial charge in [-0.2, -0.15) is 0 Å². The highest BCUT2D eigenvalue weighted by atomic mass is 127. The molecule has 1 aromatic heterocycles. The molecule has 0 saturated heterocycles. The summed E-state index contributed by atoms with van der Waals surface area (Å²) in [4.78, 5) is 7.76. The van der Waals surface area contributed by atoms with Gasteiger partial charge in [-0.25, -0.2) is 4.98 Å². The molecule has 0 bridgehead atoms. The van der Waals surface area contributed by atoms with E-state index in [1.165, 1.54) is 31.4 Å². The van der Waals surface area contributed by atoms with Crippen LogP contribution in [0.15, 0.2) is 0 Å². The van der Waals surface area contributed by atoms with Gasteiger partial charge in [0.2, 0.25) is 0 Å². The number of aromatic amines is 1. The first kappa shape index (κ1) is 16.8. The molecule has 0 aromatic carbocycles. The van der Waals surface area contributed by atoms with E-state index in [9.17, 15) is 0 Å². The van der Waals surface area contributed by atoms with Crippen molar-refractivity contribution in [2.24, 2.45) is 0 Å². The molecule has 100 valence electrons. The number of H-pyrrole nitrogens is 1. The number of unbranched alkanes of at least 4 members (excludes halogenated alkanes) is 3. The summed E-state index contributed by atoms with van der Waals surface area (Å²) in [6, 6.07) is 0. The summed E-state index contributed by atoms with van der Waals surface area (Å²) < 4.78 is 24.5. The van der Waals surface area contributed by atoms with Crippen molar-refractivity contribution >= 4 is 0 Å². The first-order valence-electron chi connectivity index (χ1n) is 5.74. The van der Waals surface area contributed by atoms with Crippen LogP contribution in [-0.4, -0.2) is 13.4 Å². The number of nitrogens with zero attached hydrogens (tertiary/aromatic N) is 1. The summed E-state index contributed by atoms with van der Waals surface area (Å²) >= 11 is -3.76. The maximum Gasteiger partial charge on any atom is 0.503 e. The zero-order valence-electron chi connectivity index (χ0n) is 10.6. The number of halogens is 1. The number of aromatic nitrogens is 2. The molecule has 0 spiro atoms. The topological polar surface area (TPSA) is 95.0 Å². The Morgan fingerprint density at radius 3 is 2.24 bits per heavy atom. The van der Waals surface area contributed by atoms with Crippen LogP contribution >= 0.6 is 0 Å². The van der Waals surface area contributed by atoms with Crippen molar-refractivity contribution in [2.45, 2.75) is 52.9 Å². The quantitative estimate of drug-likeness (QED) is 0.441. The SMILES string of the molecule is CCCCCCc1nc(C)c(C)[nH]1.[O-][I+2]([O-])O. The van der Waals surface area contributed by atoms with Crippen molar-refractivity contribution in [1.82, 2.24) is 9.97 Å². The normalized spacial score (nSPS) is 10.3. The largest absolute Gasteiger partial charge is 0.503 e. The van der Waals surface area contributed by atoms with Gasteiger partial charge in [0.25, 0.3) is 0 Å². The third-order valence-electron chi connectivity index (χ3n) is 2.44. The van der Waals surface area contributed by atoms with E-state index in [1.54, 1.807) is 0 Å². The minimum Gasteiger partial charge on any atom is -0.396 e. The number of imidazole rings is 1. The van der Waals surface area contributed by atoms with Crippen LogP contribution in [0.4, 0.5) is 0 Å². The fraction of sp³-hybridized carbons (Fsp3) is 0.727. The highest BCUT2D eigenvalue weighted by molar-refractivity contribution is 5.10. The van der Waals surface area contributed by atoms with Crippen molar-refractivity contribution in [2.75, 3.05) is 0 Å². The van der Waals surface area contributed by atoms with E-state index < -0.39 is 21.1 Å². The summed E-state index contributed by atoms with van der Waals surface area (Å²) in [7, 11) is 0. The Morgan fingerprint density at radius 1 is 1.24 bits per heavy atom. The molecule has 0 amide bonds. The first-order valence-corrected chi connectivity index (χ1v) is 8.46. The smallest absolute Gasteiger partial charge is 0.396 e. The Bertz CT molecular complexity index is 281. The Labute approximate surface area is 111 Å². The number of rotatable bonds is 5. The first-order chi connectivity index (χ1) is 7.97. The van der Waals surface area contributed by atoms with E-state index in [1.807, 2.05) is 0 Å². The van der Waals surface area contributed by atoms with Gasteiger partial charge in [0.1, 0.15) is 5.82 Å². The van der Waals surface area contributed by atoms with Gasteiger partial charge >= 0.3 is 21.1 Å². The second-order valence-corrected chi connectivity index (χ2v) is 5.05. The van der Waals surface area contributed by atoms with Crippen LogP contribution in [0.25, 0.3) is 0 Å². The summed E-state index contributed by atoms with van der Waals surface area (Å²) in [5, 5.41) is 0. The fourth-order valence-corrected chi connectivity index (χ4v) is 1.46. The van der Waals surface area contributed by atoms with Crippen LogP contribution in [0, 0.1) is 13.8 Å². The van der Waals surface area contributed by atoms with Crippen molar-refractivity contribution in [3.8, 4) is 0 Å². The number of aryl methyl sites for hydroxylation is 3. The minimum absolute atomic E-state index is 1.11. The molecule has 6 heteroatoms. The molecule has 0 aliphatic heterocycles. The van der Waals surface area contributed by atoms with E-state index >= 15 is 0 Å². The van der Waals surface area contributed by atoms with Gasteiger partial charge in [-0.3, -0.25) is 0 Å². The predicted molar refractivity (Wildman–Crippen MR) is 58.1 cm³/mol. The lowest BCUT2D eigenvalue weighted by molar-refractivity contribution is -1.63. The summed E-state index contributed by atoms with van der Waals surface area (Å²) in [5.41, 5.74) is 2.36. The van der Waals surface area contributed by atoms with Crippen LogP contribution < -0.4 is 27.9 Å². The van der Waals surface area contributed by atoms with Crippen molar-refractivity contribution in [3.63, 3.8) is 0 Å². The third kappa shape index (κ3) is 9.51. The lowest BCUT2D eigenvalue weighted by Gasteiger charge is -1.96. The van der Waals surface area contributed by atoms with E-state index in [-0.39, 0.29) is 0 Å². The standard InChI is InChI=1S/C11H20N2.HIO3/c1-4-5-6-7-8-11-12-9(2)10(3)13-11;2-1(3)4/h4-8H2,1-3H3,(H,12,13);2H. The minimum atomic E-state index is -3.76. The molecule has 0 fully saturated rings. The molecule has 0 unspecified atom stereocenters. The molecule has 1 aromatic rings. The highest BCUT2D eigenvalue weighted by Gasteiger charge is 2.00. The van der Waals surface area contributed by atoms with Crippen LogP contribution in [0.2, 0.25) is 0 Å². The second-order valence-electron chi connectivity index (χ2n) is 3.91. The molecule has 0 aliphatic rings. The van der Waals surface area contributed by atoms with Crippen molar-refractivity contribution in [1.29, 1.82) is 0 Å². The zero-order chi connectivity index (χ0) is 13.3. The molecule has 0 aliphatic carbocycles. The second kappa shape index (κ2) is 9.81. The van der Waals surface area contributed by atoms with Crippen LogP contribution in [0.3, 0.4) is 0 Å². The number of hydrogen-bond acceptors (Lipinski definition) is 4. The Hall–Kier alpha value is -0.180. The highest BCUT2D eigenvalue weighted by Crippen LogP contribution is 2.07. The maximum atomic E-state index is 8.68. The third-order valence-corrected chi connectivity index (χ3v) is 2.44. The Morgan fingerprint density at radius 2 is 1.82 bits per heavy atom. The van der Waals surface area contributed by atoms with Gasteiger partial charge in [-0.05, 0) is 23.7 Å².